The van der Waals surface area contributed by atoms with Crippen molar-refractivity contribution >= 4 is 11.6 Å². The SMILES string of the molecule is C/C(=N\NC(=O)c1ccc(Cn2nnc(-c3ccccc3)n2)cc1)c1ccc(C#N)cc1. The van der Waals surface area contributed by atoms with Crippen LogP contribution in [0.5, 0.6) is 0 Å². The van der Waals surface area contributed by atoms with Gasteiger partial charge in [0.1, 0.15) is 0 Å². The number of nitrogens with zero attached hydrogens (tertiary/aromatic N) is 6. The zero-order chi connectivity index (χ0) is 22.3. The van der Waals surface area contributed by atoms with E-state index in [-0.39, 0.29) is 5.91 Å². The van der Waals surface area contributed by atoms with E-state index in [1.807, 2.05) is 42.5 Å². The van der Waals surface area contributed by atoms with Crippen LogP contribution in [0.4, 0.5) is 0 Å². The highest BCUT2D eigenvalue weighted by Gasteiger charge is 2.08. The summed E-state index contributed by atoms with van der Waals surface area (Å²) >= 11 is 0. The van der Waals surface area contributed by atoms with E-state index in [0.29, 0.717) is 29.2 Å². The molecule has 0 radical (unpaired) electrons. The molecular formula is C24H19N7O. The first-order chi connectivity index (χ1) is 15.6. The summed E-state index contributed by atoms with van der Waals surface area (Å²) in [5, 5.41) is 25.6. The van der Waals surface area contributed by atoms with Crippen LogP contribution in [0.3, 0.4) is 0 Å². The van der Waals surface area contributed by atoms with Crippen molar-refractivity contribution in [3.8, 4) is 17.5 Å². The Morgan fingerprint density at radius 3 is 2.38 bits per heavy atom. The zero-order valence-corrected chi connectivity index (χ0v) is 17.3. The Hall–Kier alpha value is -4.64. The van der Waals surface area contributed by atoms with Crippen LogP contribution in [0.1, 0.15) is 34.0 Å². The van der Waals surface area contributed by atoms with Gasteiger partial charge in [0.2, 0.25) is 5.82 Å². The Kier molecular flexibility index (Phi) is 6.09. The molecular weight excluding hydrogens is 402 g/mol. The third-order valence-corrected chi connectivity index (χ3v) is 4.78. The molecule has 32 heavy (non-hydrogen) atoms. The highest BCUT2D eigenvalue weighted by molar-refractivity contribution is 6.00. The number of amides is 1. The number of rotatable bonds is 6. The Labute approximate surface area is 184 Å². The molecule has 1 N–H and O–H groups in total. The van der Waals surface area contributed by atoms with Crippen molar-refractivity contribution in [1.29, 1.82) is 5.26 Å². The van der Waals surface area contributed by atoms with Crippen molar-refractivity contribution < 1.29 is 4.79 Å². The van der Waals surface area contributed by atoms with E-state index < -0.39 is 0 Å². The predicted octanol–water partition coefficient (Wildman–Crippen LogP) is 3.41. The van der Waals surface area contributed by atoms with Gasteiger partial charge in [-0.2, -0.15) is 15.2 Å². The predicted molar refractivity (Wildman–Crippen MR) is 120 cm³/mol. The topological polar surface area (TPSA) is 109 Å². The molecule has 0 aliphatic rings. The first-order valence-corrected chi connectivity index (χ1v) is 9.90. The smallest absolute Gasteiger partial charge is 0.267 e. The lowest BCUT2D eigenvalue weighted by atomic mass is 10.1. The summed E-state index contributed by atoms with van der Waals surface area (Å²) in [7, 11) is 0. The molecule has 0 fully saturated rings. The zero-order valence-electron chi connectivity index (χ0n) is 17.3. The summed E-state index contributed by atoms with van der Waals surface area (Å²) < 4.78 is 0. The average Bonchev–Trinajstić information content (AvgIpc) is 3.32. The number of tetrazole rings is 1. The minimum absolute atomic E-state index is 0.310. The first kappa shape index (κ1) is 20.6. The van der Waals surface area contributed by atoms with Crippen molar-refractivity contribution in [2.75, 3.05) is 0 Å². The van der Waals surface area contributed by atoms with Crippen LogP contribution in [-0.2, 0) is 6.54 Å². The minimum atomic E-state index is -0.310. The van der Waals surface area contributed by atoms with Crippen LogP contribution in [0.25, 0.3) is 11.4 Å². The Morgan fingerprint density at radius 1 is 1.00 bits per heavy atom. The summed E-state index contributed by atoms with van der Waals surface area (Å²) in [6, 6.07) is 25.9. The molecule has 4 aromatic rings. The number of carbonyl (C=O) groups excluding carboxylic acids is 1. The van der Waals surface area contributed by atoms with Gasteiger partial charge in [-0.15, -0.1) is 10.2 Å². The summed E-state index contributed by atoms with van der Waals surface area (Å²) in [6.07, 6.45) is 0. The fraction of sp³-hybridized carbons (Fsp3) is 0.0833. The van der Waals surface area contributed by atoms with Crippen molar-refractivity contribution in [2.45, 2.75) is 13.5 Å². The number of nitriles is 1. The second-order valence-electron chi connectivity index (χ2n) is 7.03. The standard InChI is InChI=1S/C24H19N7O/c1-17(20-11-7-18(15-25)8-12-20)26-28-24(32)22-13-9-19(10-14-22)16-31-29-23(27-30-31)21-5-3-2-4-6-21/h2-14H,16H2,1H3,(H,28,32)/b26-17+. The first-order valence-electron chi connectivity index (χ1n) is 9.90. The summed E-state index contributed by atoms with van der Waals surface area (Å²) in [5.74, 6) is 0.256. The number of hydrogen-bond acceptors (Lipinski definition) is 6. The van der Waals surface area contributed by atoms with Gasteiger partial charge in [0.15, 0.2) is 0 Å². The molecule has 0 spiro atoms. The van der Waals surface area contributed by atoms with E-state index in [0.717, 1.165) is 16.7 Å². The molecule has 0 unspecified atom stereocenters. The van der Waals surface area contributed by atoms with Gasteiger partial charge in [0.25, 0.3) is 5.91 Å². The van der Waals surface area contributed by atoms with Gasteiger partial charge in [-0.05, 0) is 47.5 Å². The van der Waals surface area contributed by atoms with Crippen molar-refractivity contribution in [2.24, 2.45) is 5.10 Å². The number of aromatic nitrogens is 4. The maximum absolute atomic E-state index is 12.4. The van der Waals surface area contributed by atoms with Crippen LogP contribution >= 0.6 is 0 Å². The second-order valence-corrected chi connectivity index (χ2v) is 7.03. The number of hydrazone groups is 1. The van der Waals surface area contributed by atoms with E-state index in [1.54, 1.807) is 43.3 Å². The summed E-state index contributed by atoms with van der Waals surface area (Å²) in [5.41, 5.74) is 6.94. The molecule has 156 valence electrons. The quantitative estimate of drug-likeness (QED) is 0.379. The van der Waals surface area contributed by atoms with Gasteiger partial charge < -0.3 is 0 Å². The summed E-state index contributed by atoms with van der Waals surface area (Å²) in [4.78, 5) is 13.9. The van der Waals surface area contributed by atoms with E-state index in [9.17, 15) is 4.79 Å². The minimum Gasteiger partial charge on any atom is -0.267 e. The van der Waals surface area contributed by atoms with Gasteiger partial charge in [0.05, 0.1) is 23.9 Å². The molecule has 0 aliphatic heterocycles. The number of nitrogens with one attached hydrogen (secondary N) is 1. The maximum atomic E-state index is 12.4. The highest BCUT2D eigenvalue weighted by Crippen LogP contribution is 2.13. The van der Waals surface area contributed by atoms with Crippen LogP contribution in [0.2, 0.25) is 0 Å². The molecule has 8 heteroatoms. The number of hydrogen-bond donors (Lipinski definition) is 1. The number of carbonyl (C=O) groups is 1. The molecule has 0 saturated carbocycles. The van der Waals surface area contributed by atoms with Crippen molar-refractivity contribution in [3.05, 3.63) is 101 Å². The van der Waals surface area contributed by atoms with Crippen molar-refractivity contribution in [3.63, 3.8) is 0 Å². The van der Waals surface area contributed by atoms with Gasteiger partial charge in [-0.1, -0.05) is 54.6 Å². The third-order valence-electron chi connectivity index (χ3n) is 4.78. The maximum Gasteiger partial charge on any atom is 0.271 e. The lowest BCUT2D eigenvalue weighted by Crippen LogP contribution is -2.19. The molecule has 4 rings (SSSR count). The third kappa shape index (κ3) is 4.91. The molecule has 1 amide bonds. The normalized spacial score (nSPS) is 11.1. The lowest BCUT2D eigenvalue weighted by Gasteiger charge is -2.05. The Balaban J connectivity index is 1.37. The van der Waals surface area contributed by atoms with Crippen LogP contribution < -0.4 is 5.43 Å². The molecule has 0 atom stereocenters. The Morgan fingerprint density at radius 2 is 1.69 bits per heavy atom. The largest absolute Gasteiger partial charge is 0.271 e. The monoisotopic (exact) mass is 421 g/mol. The van der Waals surface area contributed by atoms with Gasteiger partial charge in [0, 0.05) is 11.1 Å². The molecule has 1 aromatic heterocycles. The van der Waals surface area contributed by atoms with E-state index >= 15 is 0 Å². The van der Waals surface area contributed by atoms with E-state index in [4.69, 9.17) is 5.26 Å². The average molecular weight is 421 g/mol. The lowest BCUT2D eigenvalue weighted by molar-refractivity contribution is 0.0955. The number of benzene rings is 3. The fourth-order valence-electron chi connectivity index (χ4n) is 2.99. The molecule has 1 heterocycles. The van der Waals surface area contributed by atoms with E-state index in [2.05, 4.69) is 32.0 Å². The molecule has 0 saturated heterocycles. The van der Waals surface area contributed by atoms with Crippen LogP contribution in [-0.4, -0.2) is 31.8 Å². The van der Waals surface area contributed by atoms with Crippen LogP contribution in [0, 0.1) is 11.3 Å². The van der Waals surface area contributed by atoms with Gasteiger partial charge in [-0.25, -0.2) is 5.43 Å². The highest BCUT2D eigenvalue weighted by atomic mass is 16.2. The molecule has 8 nitrogen and oxygen atoms in total. The summed E-state index contributed by atoms with van der Waals surface area (Å²) in [6.45, 7) is 2.23. The van der Waals surface area contributed by atoms with Crippen LogP contribution in [0.15, 0.2) is 84.0 Å². The molecule has 0 aliphatic carbocycles. The van der Waals surface area contributed by atoms with Crippen molar-refractivity contribution in [1.82, 2.24) is 25.6 Å². The second kappa shape index (κ2) is 9.45. The Bertz CT molecular complexity index is 1280. The van der Waals surface area contributed by atoms with Gasteiger partial charge >= 0.3 is 0 Å². The molecule has 3 aromatic carbocycles. The van der Waals surface area contributed by atoms with Gasteiger partial charge in [-0.3, -0.25) is 4.79 Å². The fourth-order valence-corrected chi connectivity index (χ4v) is 2.99. The van der Waals surface area contributed by atoms with E-state index in [1.165, 1.54) is 4.80 Å². The molecule has 0 bridgehead atoms.